The van der Waals surface area contributed by atoms with Crippen LogP contribution in [0.1, 0.15) is 42.0 Å². The highest BCUT2D eigenvalue weighted by Crippen LogP contribution is 2.56. The molecule has 1 aromatic heterocycles. The highest BCUT2D eigenvalue weighted by molar-refractivity contribution is 5.85. The summed E-state index contributed by atoms with van der Waals surface area (Å²) < 4.78 is 5.38. The van der Waals surface area contributed by atoms with Gasteiger partial charge in [0, 0.05) is 11.8 Å². The number of ether oxygens (including phenoxy) is 1. The minimum atomic E-state index is -0.604. The number of aromatic nitrogens is 2. The summed E-state index contributed by atoms with van der Waals surface area (Å²) >= 11 is 0. The molecule has 1 aliphatic rings. The summed E-state index contributed by atoms with van der Waals surface area (Å²) in [5.74, 6) is 1.31. The molecule has 1 heterocycles. The zero-order valence-electron chi connectivity index (χ0n) is 14.6. The molecule has 2 atom stereocenters. The third-order valence-electron chi connectivity index (χ3n) is 4.41. The normalized spacial score (nSPS) is 18.8. The standard InChI is InChI=1S/C19H20N4O3/c1-12(10-20-19(25)21-11-24)17-9-16(18(26-2)23-22-17)15-8-14(15)13-6-4-3-5-7-13/h3-7,9-11,14-15H,8H2,1-2H3,(H2,20,21,24,25)/b12-10+. The number of carbonyl (C=O) groups is 2. The third kappa shape index (κ3) is 3.88. The Labute approximate surface area is 151 Å². The van der Waals surface area contributed by atoms with Crippen LogP contribution in [0.15, 0.2) is 42.6 Å². The summed E-state index contributed by atoms with van der Waals surface area (Å²) in [7, 11) is 1.58. The lowest BCUT2D eigenvalue weighted by Gasteiger charge is -2.09. The van der Waals surface area contributed by atoms with Gasteiger partial charge in [0.15, 0.2) is 0 Å². The number of rotatable bonds is 6. The van der Waals surface area contributed by atoms with Crippen LogP contribution in [0.3, 0.4) is 0 Å². The molecule has 0 aliphatic heterocycles. The van der Waals surface area contributed by atoms with Gasteiger partial charge in [-0.05, 0) is 42.4 Å². The minimum Gasteiger partial charge on any atom is -0.480 e. The van der Waals surface area contributed by atoms with Crippen molar-refractivity contribution < 1.29 is 14.3 Å². The van der Waals surface area contributed by atoms with E-state index in [1.54, 1.807) is 7.11 Å². The molecule has 3 amide bonds. The highest BCUT2D eigenvalue weighted by atomic mass is 16.5. The van der Waals surface area contributed by atoms with Gasteiger partial charge in [-0.3, -0.25) is 10.1 Å². The number of methoxy groups -OCH3 is 1. The lowest BCUT2D eigenvalue weighted by atomic mass is 10.0. The molecule has 3 rings (SSSR count). The van der Waals surface area contributed by atoms with Gasteiger partial charge in [0.25, 0.3) is 0 Å². The predicted molar refractivity (Wildman–Crippen MR) is 96.5 cm³/mol. The van der Waals surface area contributed by atoms with Crippen molar-refractivity contribution in [3.8, 4) is 5.88 Å². The van der Waals surface area contributed by atoms with Crippen LogP contribution in [-0.2, 0) is 4.79 Å². The molecule has 2 N–H and O–H groups in total. The Morgan fingerprint density at radius 2 is 1.96 bits per heavy atom. The van der Waals surface area contributed by atoms with Gasteiger partial charge in [-0.15, -0.1) is 10.2 Å². The molecule has 1 saturated carbocycles. The Morgan fingerprint density at radius 3 is 2.65 bits per heavy atom. The topological polar surface area (TPSA) is 93.2 Å². The van der Waals surface area contributed by atoms with Gasteiger partial charge in [-0.25, -0.2) is 4.79 Å². The number of nitrogens with zero attached hydrogens (tertiary/aromatic N) is 2. The first-order valence-corrected chi connectivity index (χ1v) is 8.28. The van der Waals surface area contributed by atoms with Gasteiger partial charge >= 0.3 is 6.03 Å². The maximum Gasteiger partial charge on any atom is 0.325 e. The van der Waals surface area contributed by atoms with Crippen molar-refractivity contribution in [3.05, 3.63) is 59.4 Å². The molecular weight excluding hydrogens is 332 g/mol. The van der Waals surface area contributed by atoms with E-state index in [-0.39, 0.29) is 0 Å². The summed E-state index contributed by atoms with van der Waals surface area (Å²) in [6.07, 6.45) is 2.84. The molecule has 7 heteroatoms. The molecule has 0 radical (unpaired) electrons. The molecule has 134 valence electrons. The Balaban J connectivity index is 1.80. The van der Waals surface area contributed by atoms with Crippen molar-refractivity contribution in [3.63, 3.8) is 0 Å². The van der Waals surface area contributed by atoms with E-state index in [1.165, 1.54) is 11.8 Å². The van der Waals surface area contributed by atoms with Crippen molar-refractivity contribution in [1.82, 2.24) is 20.8 Å². The van der Waals surface area contributed by atoms with Gasteiger partial charge in [-0.2, -0.15) is 0 Å². The average molecular weight is 352 g/mol. The lowest BCUT2D eigenvalue weighted by molar-refractivity contribution is -0.108. The number of imide groups is 1. The van der Waals surface area contributed by atoms with Crippen LogP contribution >= 0.6 is 0 Å². The number of urea groups is 1. The predicted octanol–water partition coefficient (Wildman–Crippen LogP) is 2.57. The van der Waals surface area contributed by atoms with E-state index in [9.17, 15) is 9.59 Å². The molecule has 2 aromatic rings. The van der Waals surface area contributed by atoms with E-state index in [0.29, 0.717) is 29.8 Å². The number of hydrogen-bond acceptors (Lipinski definition) is 5. The molecule has 0 bridgehead atoms. The summed E-state index contributed by atoms with van der Waals surface area (Å²) in [5, 5.41) is 12.8. The Kier molecular flexibility index (Phi) is 5.26. The number of hydrogen-bond donors (Lipinski definition) is 2. The van der Waals surface area contributed by atoms with Crippen LogP contribution in [0.2, 0.25) is 0 Å². The number of amides is 3. The molecule has 1 aromatic carbocycles. The number of carbonyl (C=O) groups excluding carboxylic acids is 2. The van der Waals surface area contributed by atoms with Crippen LogP contribution in [0.25, 0.3) is 5.57 Å². The maximum atomic E-state index is 11.3. The van der Waals surface area contributed by atoms with Crippen molar-refractivity contribution in [2.75, 3.05) is 7.11 Å². The first-order chi connectivity index (χ1) is 12.6. The van der Waals surface area contributed by atoms with E-state index < -0.39 is 6.03 Å². The van der Waals surface area contributed by atoms with E-state index >= 15 is 0 Å². The van der Waals surface area contributed by atoms with Gasteiger partial charge in [-0.1, -0.05) is 30.3 Å². The number of nitrogens with one attached hydrogen (secondary N) is 2. The minimum absolute atomic E-state index is 0.320. The van der Waals surface area contributed by atoms with Gasteiger partial charge in [0.2, 0.25) is 12.3 Å². The molecule has 26 heavy (non-hydrogen) atoms. The van der Waals surface area contributed by atoms with Crippen molar-refractivity contribution in [2.24, 2.45) is 0 Å². The van der Waals surface area contributed by atoms with Crippen molar-refractivity contribution >= 4 is 18.0 Å². The zero-order valence-corrected chi connectivity index (χ0v) is 14.6. The summed E-state index contributed by atoms with van der Waals surface area (Å²) in [4.78, 5) is 21.6. The highest BCUT2D eigenvalue weighted by Gasteiger charge is 2.41. The molecule has 1 fully saturated rings. The Bertz CT molecular complexity index is 836. The third-order valence-corrected chi connectivity index (χ3v) is 4.41. The second-order valence-corrected chi connectivity index (χ2v) is 6.12. The van der Waals surface area contributed by atoms with Crippen molar-refractivity contribution in [1.29, 1.82) is 0 Å². The zero-order chi connectivity index (χ0) is 18.5. The molecule has 0 spiro atoms. The van der Waals surface area contributed by atoms with E-state index in [2.05, 4.69) is 27.6 Å². The van der Waals surface area contributed by atoms with Crippen LogP contribution in [0.5, 0.6) is 5.88 Å². The quantitative estimate of drug-likeness (QED) is 0.780. The van der Waals surface area contributed by atoms with E-state index in [1.807, 2.05) is 36.5 Å². The smallest absolute Gasteiger partial charge is 0.325 e. The molecular formula is C19H20N4O3. The SMILES string of the molecule is COc1nnc(/C(C)=C/NC(=O)NC=O)cc1C1CC1c1ccccc1. The van der Waals surface area contributed by atoms with Gasteiger partial charge < -0.3 is 10.1 Å². The first-order valence-electron chi connectivity index (χ1n) is 8.28. The van der Waals surface area contributed by atoms with Gasteiger partial charge in [0.05, 0.1) is 12.8 Å². The van der Waals surface area contributed by atoms with Crippen molar-refractivity contribution in [2.45, 2.75) is 25.2 Å². The van der Waals surface area contributed by atoms with E-state index in [0.717, 1.165) is 17.6 Å². The first kappa shape index (κ1) is 17.6. The second kappa shape index (κ2) is 7.77. The van der Waals surface area contributed by atoms with Crippen LogP contribution in [0.4, 0.5) is 4.79 Å². The Morgan fingerprint density at radius 1 is 1.19 bits per heavy atom. The monoisotopic (exact) mass is 352 g/mol. The summed E-state index contributed by atoms with van der Waals surface area (Å²) in [6, 6.07) is 11.7. The van der Waals surface area contributed by atoms with E-state index in [4.69, 9.17) is 4.74 Å². The second-order valence-electron chi connectivity index (χ2n) is 6.12. The van der Waals surface area contributed by atoms with Crippen LogP contribution in [-0.4, -0.2) is 29.7 Å². The lowest BCUT2D eigenvalue weighted by Crippen LogP contribution is -2.30. The molecule has 2 unspecified atom stereocenters. The maximum absolute atomic E-state index is 11.3. The fourth-order valence-corrected chi connectivity index (χ4v) is 2.96. The van der Waals surface area contributed by atoms with Gasteiger partial charge in [0.1, 0.15) is 0 Å². The largest absolute Gasteiger partial charge is 0.480 e. The Hall–Kier alpha value is -3.22. The molecule has 1 aliphatic carbocycles. The van der Waals surface area contributed by atoms with Crippen LogP contribution < -0.4 is 15.4 Å². The number of benzene rings is 1. The number of allylic oxidation sites excluding steroid dienone is 1. The average Bonchev–Trinajstić information content (AvgIpc) is 3.47. The summed E-state index contributed by atoms with van der Waals surface area (Å²) in [6.45, 7) is 1.81. The summed E-state index contributed by atoms with van der Waals surface area (Å²) in [5.41, 5.74) is 3.68. The fourth-order valence-electron chi connectivity index (χ4n) is 2.96. The van der Waals surface area contributed by atoms with Crippen LogP contribution in [0, 0.1) is 0 Å². The fraction of sp³-hybridized carbons (Fsp3) is 0.263. The molecule has 7 nitrogen and oxygen atoms in total. The molecule has 0 saturated heterocycles.